The molecule has 8 heteroatoms. The lowest BCUT2D eigenvalue weighted by Gasteiger charge is -2.30. The highest BCUT2D eigenvalue weighted by Gasteiger charge is 2.42. The Kier molecular flexibility index (Phi) is 4.85. The maximum atomic E-state index is 12.8. The molecule has 2 aromatic rings. The van der Waals surface area contributed by atoms with E-state index in [1.165, 1.54) is 0 Å². The van der Waals surface area contributed by atoms with Gasteiger partial charge in [-0.05, 0) is 60.2 Å². The van der Waals surface area contributed by atoms with Gasteiger partial charge in [0, 0.05) is 0 Å². The van der Waals surface area contributed by atoms with Crippen LogP contribution in [-0.4, -0.2) is 25.0 Å². The van der Waals surface area contributed by atoms with Gasteiger partial charge in [-0.25, -0.2) is 4.79 Å². The largest absolute Gasteiger partial charge is 0.490 e. The van der Waals surface area contributed by atoms with Gasteiger partial charge in [0.15, 0.2) is 0 Å². The van der Waals surface area contributed by atoms with Crippen molar-refractivity contribution in [1.82, 2.24) is 5.32 Å². The molecule has 1 aliphatic carbocycles. The number of thiol groups is 1. The topological polar surface area (TPSA) is 47.6 Å². The second kappa shape index (κ2) is 7.06. The summed E-state index contributed by atoms with van der Waals surface area (Å²) in [7, 11) is 0. The van der Waals surface area contributed by atoms with E-state index < -0.39 is 23.1 Å². The van der Waals surface area contributed by atoms with E-state index in [9.17, 15) is 18.0 Å². The Bertz CT molecular complexity index is 896. The molecule has 1 N–H and O–H groups in total. The number of carbonyl (C=O) groups excluding carboxylic acids is 1. The summed E-state index contributed by atoms with van der Waals surface area (Å²) in [5.41, 5.74) is 0.813. The monoisotopic (exact) mass is 411 g/mol. The van der Waals surface area contributed by atoms with Crippen LogP contribution in [0.4, 0.5) is 18.0 Å². The molecular weight excluding hydrogens is 391 g/mol. The van der Waals surface area contributed by atoms with E-state index in [4.69, 9.17) is 9.47 Å². The Hall–Kier alpha value is -2.09. The smallest absolute Gasteiger partial charge is 0.408 e. The third-order valence-corrected chi connectivity index (χ3v) is 5.95. The van der Waals surface area contributed by atoms with Crippen LogP contribution in [0.3, 0.4) is 0 Å². The van der Waals surface area contributed by atoms with Crippen LogP contribution in [0.5, 0.6) is 5.75 Å². The highest BCUT2D eigenvalue weighted by molar-refractivity contribution is 7.81. The number of fused-ring (bicyclic) bond motifs is 1. The summed E-state index contributed by atoms with van der Waals surface area (Å²) in [6.07, 6.45) is -3.77. The number of nitrogens with one attached hydrogen (secondary N) is 1. The van der Waals surface area contributed by atoms with Crippen molar-refractivity contribution in [1.29, 1.82) is 0 Å². The van der Waals surface area contributed by atoms with Crippen molar-refractivity contribution in [3.8, 4) is 5.75 Å². The molecule has 1 atom stereocenters. The molecule has 2 aromatic carbocycles. The number of alkyl carbamates (subject to hydrolysis) is 1. The van der Waals surface area contributed by atoms with Gasteiger partial charge >= 0.3 is 12.3 Å². The van der Waals surface area contributed by atoms with Crippen molar-refractivity contribution >= 4 is 29.5 Å². The lowest BCUT2D eigenvalue weighted by molar-refractivity contribution is -0.185. The van der Waals surface area contributed by atoms with Crippen molar-refractivity contribution in [3.05, 3.63) is 42.0 Å². The zero-order valence-electron chi connectivity index (χ0n) is 15.0. The van der Waals surface area contributed by atoms with Gasteiger partial charge in [0.05, 0.1) is 12.0 Å². The number of halogens is 3. The molecule has 4 rings (SSSR count). The normalized spacial score (nSPS) is 28.1. The highest BCUT2D eigenvalue weighted by atomic mass is 32.1. The first-order valence-electron chi connectivity index (χ1n) is 9.18. The maximum absolute atomic E-state index is 12.8. The number of cyclic esters (lactones) is 1. The number of ether oxygens (including phenoxy) is 2. The first-order chi connectivity index (χ1) is 13.2. The molecular formula is C20H20F3NO3S. The van der Waals surface area contributed by atoms with Gasteiger partial charge < -0.3 is 9.47 Å². The highest BCUT2D eigenvalue weighted by Crippen LogP contribution is 2.39. The first kappa shape index (κ1) is 19.2. The SMILES string of the molecule is O=C1N[C@@](S)(c2ccc3cc(OC4CCC(C(F)(F)F)CC4)ccc3c2)CO1. The quantitative estimate of drug-likeness (QED) is 0.686. The molecule has 1 saturated heterocycles. The molecule has 0 radical (unpaired) electrons. The fraction of sp³-hybridized carbons (Fsp3) is 0.450. The van der Waals surface area contributed by atoms with Gasteiger partial charge in [-0.2, -0.15) is 13.2 Å². The summed E-state index contributed by atoms with van der Waals surface area (Å²) in [4.78, 5) is 10.5. The standard InChI is InChI=1S/C20H20F3NO3S/c21-20(22,23)14-4-7-16(8-5-14)27-17-6-2-12-9-15(3-1-13(12)10-17)19(28)11-26-18(25)24-19/h1-3,6,9-10,14,16,28H,4-5,7-8,11H2,(H,24,25)/t14?,16?,19-/m0/s1. The minimum Gasteiger partial charge on any atom is -0.490 e. The summed E-state index contributed by atoms with van der Waals surface area (Å²) >= 11 is 4.53. The third kappa shape index (κ3) is 3.87. The number of carbonyl (C=O) groups is 1. The number of benzene rings is 2. The van der Waals surface area contributed by atoms with E-state index in [0.717, 1.165) is 16.3 Å². The number of rotatable bonds is 3. The number of amides is 1. The number of hydrogen-bond donors (Lipinski definition) is 2. The lowest BCUT2D eigenvalue weighted by atomic mass is 9.87. The molecule has 2 fully saturated rings. The average molecular weight is 411 g/mol. The molecule has 28 heavy (non-hydrogen) atoms. The fourth-order valence-electron chi connectivity index (χ4n) is 3.82. The maximum Gasteiger partial charge on any atom is 0.408 e. The molecule has 2 aliphatic rings. The van der Waals surface area contributed by atoms with Crippen LogP contribution >= 0.6 is 12.6 Å². The molecule has 1 aliphatic heterocycles. The minimum absolute atomic E-state index is 0.114. The zero-order valence-corrected chi connectivity index (χ0v) is 15.9. The molecule has 0 spiro atoms. The van der Waals surface area contributed by atoms with E-state index >= 15 is 0 Å². The van der Waals surface area contributed by atoms with Gasteiger partial charge in [-0.1, -0.05) is 18.2 Å². The molecule has 150 valence electrons. The number of hydrogen-bond acceptors (Lipinski definition) is 4. The second-order valence-electron chi connectivity index (χ2n) is 7.42. The number of alkyl halides is 3. The van der Waals surface area contributed by atoms with Crippen LogP contribution in [0.15, 0.2) is 36.4 Å². The van der Waals surface area contributed by atoms with Crippen LogP contribution < -0.4 is 10.1 Å². The van der Waals surface area contributed by atoms with Crippen LogP contribution in [0.1, 0.15) is 31.2 Å². The summed E-state index contributed by atoms with van der Waals surface area (Å²) in [6.45, 7) is 0.141. The van der Waals surface area contributed by atoms with Crippen molar-refractivity contribution in [2.45, 2.75) is 42.8 Å². The van der Waals surface area contributed by atoms with Crippen LogP contribution in [0.25, 0.3) is 10.8 Å². The minimum atomic E-state index is -4.11. The van der Waals surface area contributed by atoms with Gasteiger partial charge in [0.1, 0.15) is 17.2 Å². The van der Waals surface area contributed by atoms with Gasteiger partial charge in [0.25, 0.3) is 0 Å². The van der Waals surface area contributed by atoms with Crippen molar-refractivity contribution in [2.24, 2.45) is 5.92 Å². The molecule has 0 unspecified atom stereocenters. The Morgan fingerprint density at radius 3 is 2.39 bits per heavy atom. The summed E-state index contributed by atoms with van der Waals surface area (Å²) < 4.78 is 49.2. The van der Waals surface area contributed by atoms with Crippen LogP contribution in [0.2, 0.25) is 0 Å². The van der Waals surface area contributed by atoms with E-state index in [2.05, 4.69) is 17.9 Å². The fourth-order valence-corrected chi connectivity index (χ4v) is 4.12. The summed E-state index contributed by atoms with van der Waals surface area (Å²) in [5, 5.41) is 4.57. The average Bonchev–Trinajstić information content (AvgIpc) is 3.01. The first-order valence-corrected chi connectivity index (χ1v) is 9.63. The molecule has 0 bridgehead atoms. The Morgan fingerprint density at radius 1 is 1.07 bits per heavy atom. The second-order valence-corrected chi connectivity index (χ2v) is 8.18. The van der Waals surface area contributed by atoms with Crippen molar-refractivity contribution in [2.75, 3.05) is 6.61 Å². The van der Waals surface area contributed by atoms with E-state index in [0.29, 0.717) is 18.6 Å². The van der Waals surface area contributed by atoms with Crippen LogP contribution in [0, 0.1) is 5.92 Å². The third-order valence-electron chi connectivity index (χ3n) is 5.45. The van der Waals surface area contributed by atoms with Gasteiger partial charge in [-0.15, -0.1) is 12.6 Å². The van der Waals surface area contributed by atoms with E-state index in [1.807, 2.05) is 36.4 Å². The zero-order chi connectivity index (χ0) is 19.9. The molecule has 1 amide bonds. The predicted molar refractivity (Wildman–Crippen MR) is 102 cm³/mol. The van der Waals surface area contributed by atoms with Gasteiger partial charge in [-0.3, -0.25) is 5.32 Å². The lowest BCUT2D eigenvalue weighted by Crippen LogP contribution is -2.34. The summed E-state index contributed by atoms with van der Waals surface area (Å²) in [5.74, 6) is -0.565. The van der Waals surface area contributed by atoms with Crippen LogP contribution in [-0.2, 0) is 9.61 Å². The molecule has 1 heterocycles. The predicted octanol–water partition coefficient (Wildman–Crippen LogP) is 5.16. The van der Waals surface area contributed by atoms with Crippen molar-refractivity contribution in [3.63, 3.8) is 0 Å². The summed E-state index contributed by atoms with van der Waals surface area (Å²) in [6, 6.07) is 11.3. The molecule has 4 nitrogen and oxygen atoms in total. The van der Waals surface area contributed by atoms with Crippen molar-refractivity contribution < 1.29 is 27.4 Å². The Morgan fingerprint density at radius 2 is 1.75 bits per heavy atom. The van der Waals surface area contributed by atoms with Gasteiger partial charge in [0.2, 0.25) is 0 Å². The van der Waals surface area contributed by atoms with E-state index in [1.54, 1.807) is 0 Å². The molecule has 0 aromatic heterocycles. The Labute approximate surface area is 165 Å². The Balaban J connectivity index is 1.46. The van der Waals surface area contributed by atoms with E-state index in [-0.39, 0.29) is 25.6 Å². The molecule has 1 saturated carbocycles.